The van der Waals surface area contributed by atoms with Crippen LogP contribution in [0.5, 0.6) is 5.75 Å². The van der Waals surface area contributed by atoms with Crippen LogP contribution in [0.15, 0.2) is 54.6 Å². The topological polar surface area (TPSA) is 55.8 Å². The van der Waals surface area contributed by atoms with Crippen molar-refractivity contribution >= 4 is 11.9 Å². The smallest absolute Gasteiger partial charge is 0.307 e. The maximum Gasteiger partial charge on any atom is 0.307 e. The Kier molecular flexibility index (Phi) is 6.57. The summed E-state index contributed by atoms with van der Waals surface area (Å²) < 4.78 is 10.3. The zero-order valence-corrected chi connectivity index (χ0v) is 14.8. The van der Waals surface area contributed by atoms with Crippen molar-refractivity contribution in [3.05, 3.63) is 54.6 Å². The van der Waals surface area contributed by atoms with Crippen molar-refractivity contribution in [2.75, 3.05) is 20.7 Å². The van der Waals surface area contributed by atoms with E-state index in [1.165, 1.54) is 12.0 Å². The SMILES string of the molecule is COC(=O)CCN(C)C(=O)C(C)Oc1ccc(-c2ccccc2)cc1. The van der Waals surface area contributed by atoms with Crippen LogP contribution in [-0.2, 0) is 14.3 Å². The predicted octanol–water partition coefficient (Wildman–Crippen LogP) is 3.14. The summed E-state index contributed by atoms with van der Waals surface area (Å²) in [5.41, 5.74) is 2.21. The lowest BCUT2D eigenvalue weighted by atomic mass is 10.1. The highest BCUT2D eigenvalue weighted by Crippen LogP contribution is 2.22. The quantitative estimate of drug-likeness (QED) is 0.726. The molecule has 0 aliphatic carbocycles. The molecule has 0 bridgehead atoms. The highest BCUT2D eigenvalue weighted by Gasteiger charge is 2.19. The maximum atomic E-state index is 12.3. The highest BCUT2D eigenvalue weighted by atomic mass is 16.5. The summed E-state index contributed by atoms with van der Waals surface area (Å²) in [5, 5.41) is 0. The van der Waals surface area contributed by atoms with Crippen molar-refractivity contribution in [2.45, 2.75) is 19.4 Å². The summed E-state index contributed by atoms with van der Waals surface area (Å²) in [4.78, 5) is 24.9. The minimum Gasteiger partial charge on any atom is -0.481 e. The van der Waals surface area contributed by atoms with E-state index >= 15 is 0 Å². The second kappa shape index (κ2) is 8.87. The number of carbonyl (C=O) groups excluding carboxylic acids is 2. The van der Waals surface area contributed by atoms with Gasteiger partial charge in [0, 0.05) is 13.6 Å². The van der Waals surface area contributed by atoms with Crippen molar-refractivity contribution in [3.8, 4) is 16.9 Å². The Hall–Kier alpha value is -2.82. The van der Waals surface area contributed by atoms with Crippen LogP contribution in [0.4, 0.5) is 0 Å². The van der Waals surface area contributed by atoms with Crippen molar-refractivity contribution in [1.82, 2.24) is 4.90 Å². The minimum absolute atomic E-state index is 0.164. The molecule has 0 fully saturated rings. The van der Waals surface area contributed by atoms with Gasteiger partial charge >= 0.3 is 5.97 Å². The second-order valence-electron chi connectivity index (χ2n) is 5.74. The molecule has 132 valence electrons. The first-order valence-electron chi connectivity index (χ1n) is 8.15. The molecule has 2 aromatic carbocycles. The molecule has 1 atom stereocenters. The number of methoxy groups -OCH3 is 1. The molecule has 0 radical (unpaired) electrons. The average Bonchev–Trinajstić information content (AvgIpc) is 2.66. The zero-order chi connectivity index (χ0) is 18.2. The van der Waals surface area contributed by atoms with E-state index in [1.54, 1.807) is 14.0 Å². The van der Waals surface area contributed by atoms with E-state index in [1.807, 2.05) is 54.6 Å². The monoisotopic (exact) mass is 341 g/mol. The van der Waals surface area contributed by atoms with Gasteiger partial charge in [0.2, 0.25) is 0 Å². The van der Waals surface area contributed by atoms with Gasteiger partial charge in [0.25, 0.3) is 5.91 Å². The lowest BCUT2D eigenvalue weighted by Crippen LogP contribution is -2.39. The Balaban J connectivity index is 1.92. The summed E-state index contributed by atoms with van der Waals surface area (Å²) in [7, 11) is 2.97. The van der Waals surface area contributed by atoms with Gasteiger partial charge in [-0.2, -0.15) is 0 Å². The molecule has 1 unspecified atom stereocenters. The fourth-order valence-electron chi connectivity index (χ4n) is 2.39. The fraction of sp³-hybridized carbons (Fsp3) is 0.300. The number of nitrogens with zero attached hydrogens (tertiary/aromatic N) is 1. The predicted molar refractivity (Wildman–Crippen MR) is 96.2 cm³/mol. The van der Waals surface area contributed by atoms with Gasteiger partial charge in [0.15, 0.2) is 6.10 Å². The van der Waals surface area contributed by atoms with Crippen molar-refractivity contribution in [1.29, 1.82) is 0 Å². The van der Waals surface area contributed by atoms with Gasteiger partial charge in [0.05, 0.1) is 13.5 Å². The third-order valence-corrected chi connectivity index (χ3v) is 3.88. The molecule has 0 aromatic heterocycles. The number of amides is 1. The van der Waals surface area contributed by atoms with Crippen molar-refractivity contribution < 1.29 is 19.1 Å². The lowest BCUT2D eigenvalue weighted by Gasteiger charge is -2.21. The summed E-state index contributed by atoms with van der Waals surface area (Å²) >= 11 is 0. The molecule has 5 nitrogen and oxygen atoms in total. The summed E-state index contributed by atoms with van der Waals surface area (Å²) in [6.45, 7) is 1.99. The molecular formula is C20H23NO4. The van der Waals surface area contributed by atoms with Gasteiger partial charge in [0.1, 0.15) is 5.75 Å². The van der Waals surface area contributed by atoms with Gasteiger partial charge in [-0.25, -0.2) is 0 Å². The van der Waals surface area contributed by atoms with E-state index in [0.717, 1.165) is 11.1 Å². The third kappa shape index (κ3) is 5.35. The number of carbonyl (C=O) groups is 2. The number of likely N-dealkylation sites (N-methyl/N-ethyl adjacent to an activating group) is 1. The number of ether oxygens (including phenoxy) is 2. The first-order valence-corrected chi connectivity index (χ1v) is 8.15. The molecule has 25 heavy (non-hydrogen) atoms. The number of rotatable bonds is 7. The van der Waals surface area contributed by atoms with E-state index in [0.29, 0.717) is 12.3 Å². The molecule has 1 amide bonds. The highest BCUT2D eigenvalue weighted by molar-refractivity contribution is 5.81. The van der Waals surface area contributed by atoms with Gasteiger partial charge < -0.3 is 14.4 Å². The third-order valence-electron chi connectivity index (χ3n) is 3.88. The van der Waals surface area contributed by atoms with Gasteiger partial charge in [-0.05, 0) is 30.2 Å². The van der Waals surface area contributed by atoms with Crippen LogP contribution in [0.1, 0.15) is 13.3 Å². The molecule has 0 heterocycles. The van der Waals surface area contributed by atoms with E-state index in [9.17, 15) is 9.59 Å². The van der Waals surface area contributed by atoms with Crippen molar-refractivity contribution in [2.24, 2.45) is 0 Å². The van der Waals surface area contributed by atoms with Crippen LogP contribution >= 0.6 is 0 Å². The fourth-order valence-corrected chi connectivity index (χ4v) is 2.39. The van der Waals surface area contributed by atoms with Crippen LogP contribution in [0.3, 0.4) is 0 Å². The van der Waals surface area contributed by atoms with Crippen LogP contribution < -0.4 is 4.74 Å². The van der Waals surface area contributed by atoms with Gasteiger partial charge in [-0.15, -0.1) is 0 Å². The molecule has 0 spiro atoms. The van der Waals surface area contributed by atoms with E-state index in [2.05, 4.69) is 4.74 Å². The molecule has 0 aliphatic heterocycles. The van der Waals surface area contributed by atoms with Crippen molar-refractivity contribution in [3.63, 3.8) is 0 Å². The van der Waals surface area contributed by atoms with E-state index in [4.69, 9.17) is 4.74 Å². The Morgan fingerprint density at radius 2 is 1.60 bits per heavy atom. The molecule has 0 saturated heterocycles. The molecular weight excluding hydrogens is 318 g/mol. The van der Waals surface area contributed by atoms with Crippen LogP contribution in [0, 0.1) is 0 Å². The van der Waals surface area contributed by atoms with Crippen LogP contribution in [-0.4, -0.2) is 43.6 Å². The number of hydrogen-bond acceptors (Lipinski definition) is 4. The number of esters is 1. The molecule has 0 N–H and O–H groups in total. The van der Waals surface area contributed by atoms with Crippen LogP contribution in [0.2, 0.25) is 0 Å². The summed E-state index contributed by atoms with van der Waals surface area (Å²) in [5.74, 6) is 0.0997. The Labute approximate surface area is 148 Å². The molecule has 5 heteroatoms. The van der Waals surface area contributed by atoms with Gasteiger partial charge in [-0.3, -0.25) is 9.59 Å². The first kappa shape index (κ1) is 18.5. The molecule has 0 saturated carbocycles. The van der Waals surface area contributed by atoms with Gasteiger partial charge in [-0.1, -0.05) is 42.5 Å². The Bertz CT molecular complexity index is 697. The van der Waals surface area contributed by atoms with Crippen LogP contribution in [0.25, 0.3) is 11.1 Å². The Morgan fingerprint density at radius 1 is 1.00 bits per heavy atom. The molecule has 2 rings (SSSR count). The Morgan fingerprint density at radius 3 is 2.20 bits per heavy atom. The number of benzene rings is 2. The lowest BCUT2D eigenvalue weighted by molar-refractivity contribution is -0.142. The zero-order valence-electron chi connectivity index (χ0n) is 14.8. The van der Waals surface area contributed by atoms with E-state index in [-0.39, 0.29) is 18.3 Å². The normalized spacial score (nSPS) is 11.5. The number of hydrogen-bond donors (Lipinski definition) is 0. The summed E-state index contributed by atoms with van der Waals surface area (Å²) in [6.07, 6.45) is -0.470. The standard InChI is InChI=1S/C20H23NO4/c1-15(20(23)21(2)14-13-19(22)24-3)25-18-11-9-17(10-12-18)16-7-5-4-6-8-16/h4-12,15H,13-14H2,1-3H3. The maximum absolute atomic E-state index is 12.3. The minimum atomic E-state index is -0.634. The summed E-state index contributed by atoms with van der Waals surface area (Å²) in [6, 6.07) is 17.7. The largest absolute Gasteiger partial charge is 0.481 e. The average molecular weight is 341 g/mol. The molecule has 0 aliphatic rings. The first-order chi connectivity index (χ1) is 12.0. The molecule has 2 aromatic rings. The van der Waals surface area contributed by atoms with E-state index < -0.39 is 6.10 Å². The second-order valence-corrected chi connectivity index (χ2v) is 5.74.